The summed E-state index contributed by atoms with van der Waals surface area (Å²) in [4.78, 5) is 27.7. The quantitative estimate of drug-likeness (QED) is 0.930. The number of nitrogens with zero attached hydrogens (tertiary/aromatic N) is 2. The van der Waals surface area contributed by atoms with E-state index >= 15 is 0 Å². The Morgan fingerprint density at radius 3 is 2.72 bits per heavy atom. The standard InChI is InChI=1S/C19H20FN3O2/c1-22(2)19(25)13-5-3-6-14(11-13)21-18(24)12-23-10-9-15-16(20)7-4-8-17(15)23/h3-8,11H,9-10,12H2,1-2H3,(H,21,24). The van der Waals surface area contributed by atoms with Gasteiger partial charge in [0.2, 0.25) is 5.91 Å². The molecule has 6 heteroatoms. The molecule has 0 aliphatic carbocycles. The van der Waals surface area contributed by atoms with Gasteiger partial charge in [0.05, 0.1) is 6.54 Å². The van der Waals surface area contributed by atoms with Crippen LogP contribution in [-0.2, 0) is 11.2 Å². The Kier molecular flexibility index (Phi) is 4.70. The molecule has 0 atom stereocenters. The molecule has 2 aromatic carbocycles. The lowest BCUT2D eigenvalue weighted by Crippen LogP contribution is -2.32. The predicted octanol–water partition coefficient (Wildman–Crippen LogP) is 2.53. The van der Waals surface area contributed by atoms with Crippen LogP contribution in [0.4, 0.5) is 15.8 Å². The molecule has 0 unspecified atom stereocenters. The van der Waals surface area contributed by atoms with E-state index in [2.05, 4.69) is 5.32 Å². The van der Waals surface area contributed by atoms with Crippen LogP contribution in [0.2, 0.25) is 0 Å². The first-order chi connectivity index (χ1) is 12.0. The summed E-state index contributed by atoms with van der Waals surface area (Å²) in [5.74, 6) is -0.554. The Balaban J connectivity index is 1.68. The van der Waals surface area contributed by atoms with E-state index in [1.54, 1.807) is 44.4 Å². The van der Waals surface area contributed by atoms with Crippen LogP contribution in [0.3, 0.4) is 0 Å². The van der Waals surface area contributed by atoms with Gasteiger partial charge in [-0.25, -0.2) is 4.39 Å². The van der Waals surface area contributed by atoms with Crippen molar-refractivity contribution < 1.29 is 14.0 Å². The van der Waals surface area contributed by atoms with Crippen LogP contribution in [0.1, 0.15) is 15.9 Å². The molecule has 0 saturated heterocycles. The summed E-state index contributed by atoms with van der Waals surface area (Å²) in [5.41, 5.74) is 2.51. The van der Waals surface area contributed by atoms with Gasteiger partial charge < -0.3 is 15.1 Å². The average molecular weight is 341 g/mol. The van der Waals surface area contributed by atoms with Gasteiger partial charge in [-0.05, 0) is 36.8 Å². The number of anilines is 2. The highest BCUT2D eigenvalue weighted by Gasteiger charge is 2.23. The van der Waals surface area contributed by atoms with Crippen molar-refractivity contribution in [2.45, 2.75) is 6.42 Å². The van der Waals surface area contributed by atoms with E-state index in [-0.39, 0.29) is 24.2 Å². The van der Waals surface area contributed by atoms with Gasteiger partial charge in [0.1, 0.15) is 5.82 Å². The maximum absolute atomic E-state index is 13.8. The number of fused-ring (bicyclic) bond motifs is 1. The molecule has 0 aromatic heterocycles. The molecule has 2 aromatic rings. The van der Waals surface area contributed by atoms with Crippen LogP contribution in [0.5, 0.6) is 0 Å². The summed E-state index contributed by atoms with van der Waals surface area (Å²) < 4.78 is 13.8. The number of amides is 2. The second-order valence-corrected chi connectivity index (χ2v) is 6.24. The van der Waals surface area contributed by atoms with Gasteiger partial charge in [0.15, 0.2) is 0 Å². The summed E-state index contributed by atoms with van der Waals surface area (Å²) in [6.07, 6.45) is 0.599. The van der Waals surface area contributed by atoms with Crippen molar-refractivity contribution >= 4 is 23.2 Å². The van der Waals surface area contributed by atoms with E-state index in [0.717, 1.165) is 5.69 Å². The zero-order valence-electron chi connectivity index (χ0n) is 14.3. The van der Waals surface area contributed by atoms with Gasteiger partial charge in [-0.1, -0.05) is 12.1 Å². The maximum Gasteiger partial charge on any atom is 0.253 e. The van der Waals surface area contributed by atoms with Crippen LogP contribution in [-0.4, -0.2) is 43.9 Å². The molecule has 0 bridgehead atoms. The highest BCUT2D eigenvalue weighted by molar-refractivity contribution is 5.98. The minimum absolute atomic E-state index is 0.125. The van der Waals surface area contributed by atoms with Crippen molar-refractivity contribution in [1.29, 1.82) is 0 Å². The summed E-state index contributed by atoms with van der Waals surface area (Å²) >= 11 is 0. The Morgan fingerprint density at radius 1 is 1.20 bits per heavy atom. The lowest BCUT2D eigenvalue weighted by atomic mass is 10.1. The number of halogens is 1. The number of carbonyl (C=O) groups is 2. The topological polar surface area (TPSA) is 52.7 Å². The summed E-state index contributed by atoms with van der Waals surface area (Å²) in [7, 11) is 3.36. The maximum atomic E-state index is 13.8. The van der Waals surface area contributed by atoms with Gasteiger partial charge in [-0.15, -0.1) is 0 Å². The smallest absolute Gasteiger partial charge is 0.253 e. The van der Waals surface area contributed by atoms with Crippen LogP contribution >= 0.6 is 0 Å². The van der Waals surface area contributed by atoms with E-state index in [9.17, 15) is 14.0 Å². The van der Waals surface area contributed by atoms with Gasteiger partial charge in [-0.3, -0.25) is 9.59 Å². The van der Waals surface area contributed by atoms with Crippen molar-refractivity contribution in [3.8, 4) is 0 Å². The fourth-order valence-corrected chi connectivity index (χ4v) is 2.98. The van der Waals surface area contributed by atoms with Crippen LogP contribution < -0.4 is 10.2 Å². The Morgan fingerprint density at radius 2 is 1.96 bits per heavy atom. The third-order valence-electron chi connectivity index (χ3n) is 4.20. The highest BCUT2D eigenvalue weighted by atomic mass is 19.1. The van der Waals surface area contributed by atoms with Crippen LogP contribution in [0.25, 0.3) is 0 Å². The van der Waals surface area contributed by atoms with E-state index in [1.165, 1.54) is 11.0 Å². The second-order valence-electron chi connectivity index (χ2n) is 6.24. The van der Waals surface area contributed by atoms with Crippen molar-refractivity contribution in [2.75, 3.05) is 37.4 Å². The normalized spacial score (nSPS) is 12.7. The monoisotopic (exact) mass is 341 g/mol. The lowest BCUT2D eigenvalue weighted by molar-refractivity contribution is -0.115. The van der Waals surface area contributed by atoms with Gasteiger partial charge in [-0.2, -0.15) is 0 Å². The molecule has 0 spiro atoms. The molecule has 1 N–H and O–H groups in total. The van der Waals surface area contributed by atoms with E-state index in [1.807, 2.05) is 11.0 Å². The number of carbonyl (C=O) groups excluding carboxylic acids is 2. The molecule has 0 saturated carbocycles. The fourth-order valence-electron chi connectivity index (χ4n) is 2.98. The fraction of sp³-hybridized carbons (Fsp3) is 0.263. The third-order valence-corrected chi connectivity index (χ3v) is 4.20. The number of benzene rings is 2. The first kappa shape index (κ1) is 17.0. The molecule has 130 valence electrons. The van der Waals surface area contributed by atoms with Crippen LogP contribution in [0, 0.1) is 5.82 Å². The molecular formula is C19H20FN3O2. The Labute approximate surface area is 146 Å². The molecule has 1 heterocycles. The first-order valence-electron chi connectivity index (χ1n) is 8.09. The van der Waals surface area contributed by atoms with Crippen molar-refractivity contribution in [3.05, 3.63) is 59.4 Å². The van der Waals surface area contributed by atoms with Gasteiger partial charge >= 0.3 is 0 Å². The van der Waals surface area contributed by atoms with Gasteiger partial charge in [0.25, 0.3) is 5.91 Å². The first-order valence-corrected chi connectivity index (χ1v) is 8.09. The van der Waals surface area contributed by atoms with E-state index in [0.29, 0.717) is 29.8 Å². The SMILES string of the molecule is CN(C)C(=O)c1cccc(NC(=O)CN2CCc3c(F)cccc32)c1. The summed E-state index contributed by atoms with van der Waals surface area (Å²) in [6.45, 7) is 0.755. The molecule has 5 nitrogen and oxygen atoms in total. The molecule has 25 heavy (non-hydrogen) atoms. The molecule has 1 aliphatic heterocycles. The second kappa shape index (κ2) is 6.93. The predicted molar refractivity (Wildman–Crippen MR) is 95.4 cm³/mol. The molecule has 3 rings (SSSR count). The molecular weight excluding hydrogens is 321 g/mol. The number of hydrogen-bond acceptors (Lipinski definition) is 3. The van der Waals surface area contributed by atoms with Crippen molar-refractivity contribution in [3.63, 3.8) is 0 Å². The Hall–Kier alpha value is -2.89. The van der Waals surface area contributed by atoms with E-state index < -0.39 is 0 Å². The molecule has 0 fully saturated rings. The molecule has 0 radical (unpaired) electrons. The number of hydrogen-bond donors (Lipinski definition) is 1. The minimum atomic E-state index is -0.227. The largest absolute Gasteiger partial charge is 0.362 e. The Bertz CT molecular complexity index is 820. The zero-order chi connectivity index (χ0) is 18.0. The van der Waals surface area contributed by atoms with E-state index in [4.69, 9.17) is 0 Å². The summed E-state index contributed by atoms with van der Waals surface area (Å²) in [5, 5.41) is 2.80. The van der Waals surface area contributed by atoms with Crippen LogP contribution in [0.15, 0.2) is 42.5 Å². The van der Waals surface area contributed by atoms with Gasteiger partial charge in [0, 0.05) is 43.1 Å². The van der Waals surface area contributed by atoms with Crippen molar-refractivity contribution in [1.82, 2.24) is 4.90 Å². The number of nitrogens with one attached hydrogen (secondary N) is 1. The molecule has 2 amide bonds. The minimum Gasteiger partial charge on any atom is -0.362 e. The molecule has 1 aliphatic rings. The highest BCUT2D eigenvalue weighted by Crippen LogP contribution is 2.29. The van der Waals surface area contributed by atoms with Crippen molar-refractivity contribution in [2.24, 2.45) is 0 Å². The zero-order valence-corrected chi connectivity index (χ0v) is 14.3. The summed E-state index contributed by atoms with van der Waals surface area (Å²) in [6, 6.07) is 11.7. The third kappa shape index (κ3) is 3.63. The average Bonchev–Trinajstić information content (AvgIpc) is 2.98. The number of rotatable bonds is 4. The lowest BCUT2D eigenvalue weighted by Gasteiger charge is -2.19.